The summed E-state index contributed by atoms with van der Waals surface area (Å²) in [4.78, 5) is 24.8. The van der Waals surface area contributed by atoms with Gasteiger partial charge in [0.1, 0.15) is 12.1 Å². The lowest BCUT2D eigenvalue weighted by atomic mass is 10.0. The smallest absolute Gasteiger partial charge is 0.326 e. The molecular formula is C12H19NO4. The Balaban J connectivity index is 2.03. The van der Waals surface area contributed by atoms with E-state index in [2.05, 4.69) is 0 Å². The van der Waals surface area contributed by atoms with Crippen LogP contribution < -0.4 is 0 Å². The first kappa shape index (κ1) is 12.4. The molecule has 2 aliphatic rings. The van der Waals surface area contributed by atoms with Crippen molar-refractivity contribution in [2.75, 3.05) is 6.54 Å². The van der Waals surface area contributed by atoms with Gasteiger partial charge in [0.15, 0.2) is 0 Å². The summed E-state index contributed by atoms with van der Waals surface area (Å²) in [6, 6.07) is -0.657. The third-order valence-corrected chi connectivity index (χ3v) is 3.58. The van der Waals surface area contributed by atoms with Crippen molar-refractivity contribution in [1.82, 2.24) is 4.90 Å². The van der Waals surface area contributed by atoms with Crippen LogP contribution >= 0.6 is 0 Å². The summed E-state index contributed by atoms with van der Waals surface area (Å²) in [6.45, 7) is 2.49. The lowest BCUT2D eigenvalue weighted by molar-refractivity contribution is -0.157. The van der Waals surface area contributed by atoms with Gasteiger partial charge in [0, 0.05) is 6.54 Å². The topological polar surface area (TPSA) is 66.8 Å². The maximum atomic E-state index is 12.2. The molecule has 2 heterocycles. The lowest BCUT2D eigenvalue weighted by Gasteiger charge is -2.34. The number of rotatable bonds is 2. The average molecular weight is 241 g/mol. The Morgan fingerprint density at radius 1 is 1.24 bits per heavy atom. The number of likely N-dealkylation sites (tertiary alicyclic amines) is 1. The SMILES string of the molecule is CC1CCC(C(=O)N2CCCC[C@@H]2C(=O)O)O1. The number of aliphatic carboxylic acids is 1. The number of hydrogen-bond donors (Lipinski definition) is 1. The summed E-state index contributed by atoms with van der Waals surface area (Å²) < 4.78 is 5.52. The Kier molecular flexibility index (Phi) is 3.66. The number of ether oxygens (including phenoxy) is 1. The fraction of sp³-hybridized carbons (Fsp3) is 0.833. The molecule has 2 unspecified atom stereocenters. The predicted molar refractivity (Wildman–Crippen MR) is 60.6 cm³/mol. The fourth-order valence-corrected chi connectivity index (χ4v) is 2.62. The Labute approximate surface area is 101 Å². The largest absolute Gasteiger partial charge is 0.480 e. The van der Waals surface area contributed by atoms with Crippen molar-refractivity contribution < 1.29 is 19.4 Å². The third-order valence-electron chi connectivity index (χ3n) is 3.58. The van der Waals surface area contributed by atoms with E-state index in [1.165, 1.54) is 4.90 Å². The molecule has 0 spiro atoms. The maximum absolute atomic E-state index is 12.2. The summed E-state index contributed by atoms with van der Waals surface area (Å²) >= 11 is 0. The number of piperidine rings is 1. The fourth-order valence-electron chi connectivity index (χ4n) is 2.62. The molecule has 0 radical (unpaired) electrons. The summed E-state index contributed by atoms with van der Waals surface area (Å²) in [5, 5.41) is 9.12. The zero-order chi connectivity index (χ0) is 12.4. The van der Waals surface area contributed by atoms with E-state index < -0.39 is 18.1 Å². The summed E-state index contributed by atoms with van der Waals surface area (Å²) in [5.74, 6) is -1.04. The van der Waals surface area contributed by atoms with Crippen molar-refractivity contribution in [2.24, 2.45) is 0 Å². The van der Waals surface area contributed by atoms with Gasteiger partial charge in [0.05, 0.1) is 6.10 Å². The van der Waals surface area contributed by atoms with Crippen LogP contribution in [0.4, 0.5) is 0 Å². The second kappa shape index (κ2) is 5.04. The third kappa shape index (κ3) is 2.60. The first-order chi connectivity index (χ1) is 8.09. The second-order valence-corrected chi connectivity index (χ2v) is 4.89. The van der Waals surface area contributed by atoms with Crippen LogP contribution in [-0.4, -0.2) is 46.7 Å². The zero-order valence-electron chi connectivity index (χ0n) is 10.1. The Bertz CT molecular complexity index is 318. The van der Waals surface area contributed by atoms with Crippen molar-refractivity contribution in [3.63, 3.8) is 0 Å². The van der Waals surface area contributed by atoms with Crippen LogP contribution in [0, 0.1) is 0 Å². The van der Waals surface area contributed by atoms with Crippen molar-refractivity contribution >= 4 is 11.9 Å². The van der Waals surface area contributed by atoms with Crippen LogP contribution in [0.2, 0.25) is 0 Å². The van der Waals surface area contributed by atoms with Gasteiger partial charge in [-0.05, 0) is 39.0 Å². The highest BCUT2D eigenvalue weighted by Gasteiger charge is 2.38. The Morgan fingerprint density at radius 3 is 2.59 bits per heavy atom. The molecule has 17 heavy (non-hydrogen) atoms. The van der Waals surface area contributed by atoms with E-state index in [9.17, 15) is 9.59 Å². The van der Waals surface area contributed by atoms with Crippen LogP contribution in [0.25, 0.3) is 0 Å². The molecule has 2 rings (SSSR count). The highest BCUT2D eigenvalue weighted by Crippen LogP contribution is 2.25. The van der Waals surface area contributed by atoms with Crippen molar-refractivity contribution in [2.45, 2.75) is 57.3 Å². The number of carboxylic acids is 1. The molecule has 0 saturated carbocycles. The molecule has 5 heteroatoms. The number of nitrogens with zero attached hydrogens (tertiary/aromatic N) is 1. The van der Waals surface area contributed by atoms with E-state index in [-0.39, 0.29) is 12.0 Å². The van der Waals surface area contributed by atoms with Gasteiger partial charge in [-0.3, -0.25) is 4.79 Å². The minimum absolute atomic E-state index is 0.108. The highest BCUT2D eigenvalue weighted by atomic mass is 16.5. The van der Waals surface area contributed by atoms with Crippen LogP contribution in [0.3, 0.4) is 0 Å². The lowest BCUT2D eigenvalue weighted by Crippen LogP contribution is -2.51. The average Bonchev–Trinajstić information content (AvgIpc) is 2.75. The van der Waals surface area contributed by atoms with E-state index >= 15 is 0 Å². The number of carbonyl (C=O) groups excluding carboxylic acids is 1. The molecule has 0 aliphatic carbocycles. The van der Waals surface area contributed by atoms with Crippen molar-refractivity contribution in [3.05, 3.63) is 0 Å². The van der Waals surface area contributed by atoms with Gasteiger partial charge < -0.3 is 14.7 Å². The molecule has 1 N–H and O–H groups in total. The van der Waals surface area contributed by atoms with Gasteiger partial charge in [-0.25, -0.2) is 4.79 Å². The normalized spacial score (nSPS) is 33.7. The first-order valence-corrected chi connectivity index (χ1v) is 6.28. The minimum atomic E-state index is -0.899. The summed E-state index contributed by atoms with van der Waals surface area (Å²) in [7, 11) is 0. The number of amides is 1. The quantitative estimate of drug-likeness (QED) is 0.783. The standard InChI is InChI=1S/C12H19NO4/c1-8-5-6-10(17-8)11(14)13-7-3-2-4-9(13)12(15)16/h8-10H,2-7H2,1H3,(H,15,16)/t8?,9-,10?/m1/s1. The highest BCUT2D eigenvalue weighted by molar-refractivity contribution is 5.86. The van der Waals surface area contributed by atoms with E-state index in [1.54, 1.807) is 0 Å². The summed E-state index contributed by atoms with van der Waals surface area (Å²) in [5.41, 5.74) is 0. The minimum Gasteiger partial charge on any atom is -0.480 e. The van der Waals surface area contributed by atoms with E-state index in [0.717, 1.165) is 19.3 Å². The maximum Gasteiger partial charge on any atom is 0.326 e. The molecule has 0 aromatic heterocycles. The number of carboxylic acid groups (broad SMARTS) is 1. The van der Waals surface area contributed by atoms with Gasteiger partial charge in [-0.15, -0.1) is 0 Å². The van der Waals surface area contributed by atoms with Gasteiger partial charge in [-0.1, -0.05) is 0 Å². The van der Waals surface area contributed by atoms with Crippen LogP contribution in [0.1, 0.15) is 39.0 Å². The Morgan fingerprint density at radius 2 is 2.00 bits per heavy atom. The molecule has 1 amide bonds. The van der Waals surface area contributed by atoms with Gasteiger partial charge in [0.2, 0.25) is 0 Å². The number of carbonyl (C=O) groups is 2. The number of hydrogen-bond acceptors (Lipinski definition) is 3. The van der Waals surface area contributed by atoms with Gasteiger partial charge in [0.25, 0.3) is 5.91 Å². The van der Waals surface area contributed by atoms with E-state index in [4.69, 9.17) is 9.84 Å². The van der Waals surface area contributed by atoms with Gasteiger partial charge in [-0.2, -0.15) is 0 Å². The van der Waals surface area contributed by atoms with Crippen molar-refractivity contribution in [3.8, 4) is 0 Å². The van der Waals surface area contributed by atoms with Crippen LogP contribution in [-0.2, 0) is 14.3 Å². The van der Waals surface area contributed by atoms with E-state index in [0.29, 0.717) is 19.4 Å². The Hall–Kier alpha value is -1.10. The first-order valence-electron chi connectivity index (χ1n) is 6.28. The van der Waals surface area contributed by atoms with Gasteiger partial charge >= 0.3 is 5.97 Å². The predicted octanol–water partition coefficient (Wildman–Crippen LogP) is 1.02. The van der Waals surface area contributed by atoms with Crippen LogP contribution in [0.5, 0.6) is 0 Å². The van der Waals surface area contributed by atoms with E-state index in [1.807, 2.05) is 6.92 Å². The van der Waals surface area contributed by atoms with Crippen molar-refractivity contribution in [1.29, 1.82) is 0 Å². The monoisotopic (exact) mass is 241 g/mol. The van der Waals surface area contributed by atoms with Crippen LogP contribution in [0.15, 0.2) is 0 Å². The zero-order valence-corrected chi connectivity index (χ0v) is 10.1. The second-order valence-electron chi connectivity index (χ2n) is 4.89. The molecule has 3 atom stereocenters. The molecule has 5 nitrogen and oxygen atoms in total. The molecule has 2 aliphatic heterocycles. The molecule has 2 fully saturated rings. The molecule has 0 aromatic rings. The summed E-state index contributed by atoms with van der Waals surface area (Å²) in [6.07, 6.45) is 3.59. The molecule has 2 saturated heterocycles. The molecule has 0 aromatic carbocycles. The molecular weight excluding hydrogens is 222 g/mol. The molecule has 96 valence electrons. The molecule has 0 bridgehead atoms.